The summed E-state index contributed by atoms with van der Waals surface area (Å²) >= 11 is 0. The van der Waals surface area contributed by atoms with Crippen molar-refractivity contribution in [2.24, 2.45) is 11.3 Å². The molecule has 2 aliphatic carbocycles. The summed E-state index contributed by atoms with van der Waals surface area (Å²) in [5, 5.41) is 9.95. The lowest BCUT2D eigenvalue weighted by Crippen LogP contribution is -2.41. The van der Waals surface area contributed by atoms with E-state index in [2.05, 4.69) is 39.0 Å². The minimum atomic E-state index is -0.591. The van der Waals surface area contributed by atoms with Crippen LogP contribution in [-0.4, -0.2) is 11.1 Å². The first-order valence-corrected chi connectivity index (χ1v) is 7.31. The van der Waals surface area contributed by atoms with Crippen LogP contribution in [0.5, 0.6) is 0 Å². The zero-order valence-electron chi connectivity index (χ0n) is 11.9. The van der Waals surface area contributed by atoms with Crippen molar-refractivity contribution in [3.63, 3.8) is 0 Å². The number of fused-ring (bicyclic) bond motifs is 3. The van der Waals surface area contributed by atoms with E-state index in [9.17, 15) is 9.90 Å². The van der Waals surface area contributed by atoms with E-state index < -0.39 is 11.4 Å². The average Bonchev–Trinajstić information content (AvgIpc) is 2.61. The molecule has 1 N–H and O–H groups in total. The zero-order chi connectivity index (χ0) is 13.8. The number of aliphatic carboxylic acids is 1. The van der Waals surface area contributed by atoms with E-state index in [0.717, 1.165) is 19.3 Å². The van der Waals surface area contributed by atoms with Gasteiger partial charge in [-0.3, -0.25) is 4.79 Å². The lowest BCUT2D eigenvalue weighted by atomic mass is 9.60. The van der Waals surface area contributed by atoms with Crippen LogP contribution in [0.4, 0.5) is 0 Å². The van der Waals surface area contributed by atoms with Crippen LogP contribution in [0.25, 0.3) is 0 Å². The number of rotatable bonds is 1. The second-order valence-electron chi connectivity index (χ2n) is 6.58. The molecular weight excluding hydrogens is 236 g/mol. The fourth-order valence-corrected chi connectivity index (χ4v) is 4.72. The molecule has 0 spiro atoms. The number of carbonyl (C=O) groups is 1. The quantitative estimate of drug-likeness (QED) is 0.824. The molecule has 102 valence electrons. The Bertz CT molecular complexity index is 534. The highest BCUT2D eigenvalue weighted by atomic mass is 16.4. The van der Waals surface area contributed by atoms with E-state index in [1.54, 1.807) is 0 Å². The third-order valence-electron chi connectivity index (χ3n) is 5.59. The van der Waals surface area contributed by atoms with Crippen LogP contribution < -0.4 is 0 Å². The third-order valence-corrected chi connectivity index (χ3v) is 5.59. The van der Waals surface area contributed by atoms with Gasteiger partial charge in [-0.2, -0.15) is 0 Å². The van der Waals surface area contributed by atoms with Crippen molar-refractivity contribution in [3.05, 3.63) is 34.9 Å². The molecule has 1 saturated carbocycles. The largest absolute Gasteiger partial charge is 0.481 e. The Kier molecular flexibility index (Phi) is 2.74. The van der Waals surface area contributed by atoms with Gasteiger partial charge in [-0.05, 0) is 48.3 Å². The summed E-state index contributed by atoms with van der Waals surface area (Å²) in [6, 6.07) is 6.35. The van der Waals surface area contributed by atoms with Crippen molar-refractivity contribution >= 4 is 5.97 Å². The molecule has 4 unspecified atom stereocenters. The van der Waals surface area contributed by atoms with Crippen LogP contribution in [0.2, 0.25) is 0 Å². The van der Waals surface area contributed by atoms with Crippen molar-refractivity contribution in [1.82, 2.24) is 0 Å². The summed E-state index contributed by atoms with van der Waals surface area (Å²) in [7, 11) is 0. The van der Waals surface area contributed by atoms with Gasteiger partial charge in [-0.25, -0.2) is 0 Å². The molecule has 2 nitrogen and oxygen atoms in total. The second-order valence-corrected chi connectivity index (χ2v) is 6.58. The molecule has 0 radical (unpaired) electrons. The molecular formula is C17H22O2. The molecule has 2 aliphatic rings. The topological polar surface area (TPSA) is 37.3 Å². The molecule has 2 heteroatoms. The maximum atomic E-state index is 12.1. The minimum absolute atomic E-state index is 0.133. The van der Waals surface area contributed by atoms with Crippen LogP contribution in [0.1, 0.15) is 61.6 Å². The fourth-order valence-electron chi connectivity index (χ4n) is 4.72. The van der Waals surface area contributed by atoms with Gasteiger partial charge in [0.25, 0.3) is 0 Å². The Hall–Kier alpha value is -1.31. The number of carboxylic acids is 1. The summed E-state index contributed by atoms with van der Waals surface area (Å²) in [6.07, 6.45) is 3.00. The Morgan fingerprint density at radius 1 is 1.32 bits per heavy atom. The fraction of sp³-hybridized carbons (Fsp3) is 0.588. The van der Waals surface area contributed by atoms with E-state index >= 15 is 0 Å². The average molecular weight is 258 g/mol. The summed E-state index contributed by atoms with van der Waals surface area (Å²) in [4.78, 5) is 12.1. The smallest absolute Gasteiger partial charge is 0.310 e. The Balaban J connectivity index is 2.21. The van der Waals surface area contributed by atoms with E-state index in [1.807, 2.05) is 0 Å². The van der Waals surface area contributed by atoms with Crippen molar-refractivity contribution in [3.8, 4) is 0 Å². The Labute approximate surface area is 114 Å². The zero-order valence-corrected chi connectivity index (χ0v) is 11.9. The predicted molar refractivity (Wildman–Crippen MR) is 75.4 cm³/mol. The van der Waals surface area contributed by atoms with Crippen LogP contribution in [0.15, 0.2) is 18.2 Å². The highest BCUT2D eigenvalue weighted by molar-refractivity contribution is 5.80. The van der Waals surface area contributed by atoms with Crippen LogP contribution >= 0.6 is 0 Å². The molecule has 1 fully saturated rings. The first kappa shape index (κ1) is 12.7. The Morgan fingerprint density at radius 3 is 2.74 bits per heavy atom. The molecule has 0 aliphatic heterocycles. The molecule has 1 aromatic carbocycles. The van der Waals surface area contributed by atoms with Crippen molar-refractivity contribution in [2.45, 2.75) is 51.9 Å². The van der Waals surface area contributed by atoms with Gasteiger partial charge in [-0.1, -0.05) is 38.5 Å². The van der Waals surface area contributed by atoms with Gasteiger partial charge in [-0.15, -0.1) is 0 Å². The van der Waals surface area contributed by atoms with Gasteiger partial charge in [0.1, 0.15) is 0 Å². The number of benzene rings is 1. The van der Waals surface area contributed by atoms with E-state index in [0.29, 0.717) is 5.92 Å². The van der Waals surface area contributed by atoms with Crippen LogP contribution in [-0.2, 0) is 4.79 Å². The molecule has 3 rings (SSSR count). The molecule has 19 heavy (non-hydrogen) atoms. The van der Waals surface area contributed by atoms with E-state index in [4.69, 9.17) is 0 Å². The SMILES string of the molecule is Cc1cccc2c1C(C)C1(C(=O)O)CC(C)CCC21. The summed E-state index contributed by atoms with van der Waals surface area (Å²) in [5.41, 5.74) is 3.31. The standard InChI is InChI=1S/C17H22O2/c1-10-7-8-14-13-6-4-5-11(2)15(13)12(3)17(14,9-10)16(18)19/h4-6,10,12,14H,7-9H2,1-3H3,(H,18,19). The van der Waals surface area contributed by atoms with Crippen LogP contribution in [0, 0.1) is 18.3 Å². The normalized spacial score (nSPS) is 36.7. The number of hydrogen-bond donors (Lipinski definition) is 1. The molecule has 0 saturated heterocycles. The minimum Gasteiger partial charge on any atom is -0.481 e. The van der Waals surface area contributed by atoms with Gasteiger partial charge in [0.15, 0.2) is 0 Å². The van der Waals surface area contributed by atoms with Crippen molar-refractivity contribution in [2.75, 3.05) is 0 Å². The summed E-state index contributed by atoms with van der Waals surface area (Å²) < 4.78 is 0. The van der Waals surface area contributed by atoms with E-state index in [-0.39, 0.29) is 11.8 Å². The van der Waals surface area contributed by atoms with Gasteiger partial charge in [0.05, 0.1) is 5.41 Å². The van der Waals surface area contributed by atoms with Gasteiger partial charge in [0, 0.05) is 5.92 Å². The lowest BCUT2D eigenvalue weighted by molar-refractivity contribution is -0.154. The molecule has 0 heterocycles. The van der Waals surface area contributed by atoms with Gasteiger partial charge in [0.2, 0.25) is 0 Å². The third kappa shape index (κ3) is 1.52. The van der Waals surface area contributed by atoms with Gasteiger partial charge >= 0.3 is 5.97 Å². The summed E-state index contributed by atoms with van der Waals surface area (Å²) in [5.74, 6) is 0.275. The van der Waals surface area contributed by atoms with Crippen molar-refractivity contribution in [1.29, 1.82) is 0 Å². The highest BCUT2D eigenvalue weighted by Gasteiger charge is 2.58. The van der Waals surface area contributed by atoms with Crippen LogP contribution in [0.3, 0.4) is 0 Å². The second kappa shape index (κ2) is 4.09. The van der Waals surface area contributed by atoms with Crippen molar-refractivity contribution < 1.29 is 9.90 Å². The maximum absolute atomic E-state index is 12.1. The van der Waals surface area contributed by atoms with Gasteiger partial charge < -0.3 is 5.11 Å². The maximum Gasteiger partial charge on any atom is 0.310 e. The first-order valence-electron chi connectivity index (χ1n) is 7.31. The molecule has 0 amide bonds. The summed E-state index contributed by atoms with van der Waals surface area (Å²) in [6.45, 7) is 6.44. The molecule has 0 bridgehead atoms. The molecule has 4 atom stereocenters. The first-order chi connectivity index (χ1) is 8.98. The molecule has 1 aromatic rings. The number of carboxylic acid groups (broad SMARTS) is 1. The molecule has 0 aromatic heterocycles. The highest BCUT2D eigenvalue weighted by Crippen LogP contribution is 2.63. The number of hydrogen-bond acceptors (Lipinski definition) is 1. The lowest BCUT2D eigenvalue weighted by Gasteiger charge is -2.42. The van der Waals surface area contributed by atoms with E-state index in [1.165, 1.54) is 16.7 Å². The predicted octanol–water partition coefficient (Wildman–Crippen LogP) is 4.09. The Morgan fingerprint density at radius 2 is 2.05 bits per heavy atom. The number of aryl methyl sites for hydroxylation is 1. The monoisotopic (exact) mass is 258 g/mol.